The maximum atomic E-state index is 8.48. The zero-order chi connectivity index (χ0) is 89.4. The van der Waals surface area contributed by atoms with Gasteiger partial charge in [0.2, 0.25) is 28.5 Å². The van der Waals surface area contributed by atoms with Gasteiger partial charge < -0.3 is 0 Å². The van der Waals surface area contributed by atoms with Crippen LogP contribution in [0.5, 0.6) is 0 Å². The van der Waals surface area contributed by atoms with Gasteiger partial charge in [0.15, 0.2) is 31.0 Å². The fraction of sp³-hybridized carbons (Fsp3) is 0.368. The van der Waals surface area contributed by atoms with Crippen LogP contribution in [-0.2, 0) is 86.3 Å². The summed E-state index contributed by atoms with van der Waals surface area (Å²) in [6.07, 6.45) is 0.951. The molecule has 5 nitrogen and oxygen atoms in total. The Morgan fingerprint density at radius 3 is 1.04 bits per heavy atom. The average Bonchev–Trinajstić information content (AvgIpc) is 0.748. The lowest BCUT2D eigenvalue weighted by molar-refractivity contribution is -0.661. The number of hydrogen-bond donors (Lipinski definition) is 0. The third-order valence-electron chi connectivity index (χ3n) is 17.0. The predicted octanol–water partition coefficient (Wildman–Crippen LogP) is 18.9. The zero-order valence-electron chi connectivity index (χ0n) is 82.9. The first-order valence-corrected chi connectivity index (χ1v) is 31.3. The second-order valence-electron chi connectivity index (χ2n) is 23.5. The molecule has 92 heavy (non-hydrogen) atoms. The Kier molecular flexibility index (Phi) is 15.8. The number of hydrogen-bond acceptors (Lipinski definition) is 0. The monoisotopic (exact) mass is 1250 g/mol. The third kappa shape index (κ3) is 17.7. The van der Waals surface area contributed by atoms with Crippen LogP contribution in [0.15, 0.2) is 183 Å². The molecular weight excluding hydrogens is 1110 g/mol. The molecule has 2 atom stereocenters. The quantitative estimate of drug-likeness (QED) is 0.103. The molecule has 5 heterocycles. The van der Waals surface area contributed by atoms with Crippen LogP contribution in [0.25, 0.3) is 56.3 Å². The van der Waals surface area contributed by atoms with E-state index in [4.69, 9.17) is 35.6 Å². The number of nitrogens with zero attached hydrogens (tertiary/aromatic N) is 5. The first-order valence-electron chi connectivity index (χ1n) is 44.3. The molecule has 1 aliphatic carbocycles. The van der Waals surface area contributed by atoms with E-state index in [0.717, 1.165) is 56.0 Å². The Balaban J connectivity index is 0.000000205. The molecule has 0 saturated carbocycles. The highest BCUT2D eigenvalue weighted by Gasteiger charge is 2.23. The minimum Gasteiger partial charge on any atom is -0.201 e. The molecule has 10 aromatic rings. The highest BCUT2D eigenvalue weighted by atomic mass is 14.9. The summed E-state index contributed by atoms with van der Waals surface area (Å²) in [6, 6.07) is 48.0. The number of benzene rings is 5. The first-order chi connectivity index (χ1) is 53.8. The van der Waals surface area contributed by atoms with Gasteiger partial charge in [0.1, 0.15) is 35.2 Å². The minimum absolute atomic E-state index is 0.180. The topological polar surface area (TPSA) is 19.4 Å². The van der Waals surface area contributed by atoms with E-state index in [0.29, 0.717) is 22.4 Å². The van der Waals surface area contributed by atoms with E-state index in [1.54, 1.807) is 90.3 Å². The lowest BCUT2D eigenvalue weighted by Crippen LogP contribution is -2.32. The molecule has 5 heteroatoms. The van der Waals surface area contributed by atoms with Crippen LogP contribution in [0.3, 0.4) is 0 Å². The maximum Gasteiger partial charge on any atom is 0.212 e. The molecule has 11 rings (SSSR count). The van der Waals surface area contributed by atoms with Crippen molar-refractivity contribution < 1.29 is 58.5 Å². The summed E-state index contributed by atoms with van der Waals surface area (Å²) in [7, 11) is 9.20. The van der Waals surface area contributed by atoms with Gasteiger partial charge in [-0.2, -0.15) is 0 Å². The van der Waals surface area contributed by atoms with Crippen LogP contribution >= 0.6 is 0 Å². The lowest BCUT2D eigenvalue weighted by Gasteiger charge is -2.15. The van der Waals surface area contributed by atoms with Crippen molar-refractivity contribution in [3.8, 4) is 56.3 Å². The Morgan fingerprint density at radius 2 is 0.652 bits per heavy atom. The van der Waals surface area contributed by atoms with Gasteiger partial charge >= 0.3 is 0 Å². The molecule has 5 aromatic carbocycles. The first kappa shape index (κ1) is 42.9. The van der Waals surface area contributed by atoms with Crippen LogP contribution < -0.4 is 22.8 Å². The van der Waals surface area contributed by atoms with E-state index in [1.807, 2.05) is 124 Å². The Morgan fingerprint density at radius 1 is 0.348 bits per heavy atom. The van der Waals surface area contributed by atoms with Crippen molar-refractivity contribution in [2.45, 2.75) is 179 Å². The Bertz CT molecular complexity index is 5240. The summed E-state index contributed by atoms with van der Waals surface area (Å²) < 4.78 is 215. The summed E-state index contributed by atoms with van der Waals surface area (Å²) in [5, 5.41) is 0. The van der Waals surface area contributed by atoms with Gasteiger partial charge in [-0.1, -0.05) is 160 Å². The van der Waals surface area contributed by atoms with Gasteiger partial charge in [0.25, 0.3) is 0 Å². The fourth-order valence-corrected chi connectivity index (χ4v) is 11.7. The molecule has 0 fully saturated rings. The lowest BCUT2D eigenvalue weighted by atomic mass is 9.91. The van der Waals surface area contributed by atoms with Crippen LogP contribution in [0, 0.1) is 34.6 Å². The molecule has 0 radical (unpaired) electrons. The van der Waals surface area contributed by atoms with Crippen LogP contribution in [0.4, 0.5) is 0 Å². The summed E-state index contributed by atoms with van der Waals surface area (Å²) in [4.78, 5) is 0. The molecule has 0 spiro atoms. The summed E-state index contributed by atoms with van der Waals surface area (Å²) in [6.45, 7) is 6.97. The van der Waals surface area contributed by atoms with Crippen molar-refractivity contribution >= 4 is 0 Å². The molecule has 0 amide bonds. The molecule has 1 aliphatic rings. The third-order valence-corrected chi connectivity index (χ3v) is 17.0. The summed E-state index contributed by atoms with van der Waals surface area (Å²) >= 11 is 0. The van der Waals surface area contributed by atoms with Gasteiger partial charge in [-0.05, 0) is 196 Å². The molecule has 0 N–H and O–H groups in total. The van der Waals surface area contributed by atoms with Gasteiger partial charge in [-0.3, -0.25) is 0 Å². The Labute approximate surface area is 593 Å². The van der Waals surface area contributed by atoms with E-state index in [2.05, 4.69) is 55.1 Å². The van der Waals surface area contributed by atoms with E-state index in [-0.39, 0.29) is 22.3 Å². The van der Waals surface area contributed by atoms with E-state index in [9.17, 15) is 0 Å². The van der Waals surface area contributed by atoms with Gasteiger partial charge in [0.05, 0.1) is 0 Å². The van der Waals surface area contributed by atoms with Crippen molar-refractivity contribution in [2.24, 2.45) is 35.2 Å². The summed E-state index contributed by atoms with van der Waals surface area (Å²) in [5.74, 6) is -3.83. The molecule has 480 valence electrons. The molecule has 5 aromatic heterocycles. The molecule has 0 bridgehead atoms. The van der Waals surface area contributed by atoms with Gasteiger partial charge in [-0.25, -0.2) is 22.8 Å². The number of aryl methyl sites for hydroxylation is 18. The van der Waals surface area contributed by atoms with Crippen molar-refractivity contribution in [3.05, 3.63) is 266 Å². The van der Waals surface area contributed by atoms with Crippen LogP contribution in [0.1, 0.15) is 213 Å². The number of fused-ring (bicyclic) bond motifs is 1. The molecular formula is C87H112N5+5. The van der Waals surface area contributed by atoms with Crippen molar-refractivity contribution in [2.75, 3.05) is 0 Å². The molecule has 0 saturated heterocycles. The summed E-state index contributed by atoms with van der Waals surface area (Å²) in [5.41, 5.74) is 18.2. The SMILES string of the molecule is Cc1ccccc1-c1cc2c(c[n+]1C)CCCC2.[2H]C([2H])(C)c1c[n+](C)c(-c2ccccc2C)cc1C([2H])(C)C([2H])([2H])[2H].[2H]C([2H])(C)c1cc(-c2ccccc2C)[n+](C)cc1C([2H])(C)C([2H])([2H])[2H].[2H]C([2H])(C)c1cc(-c2ccccc2C)[n+](C)cc1C([2H])([2H])C.[2H]C([2H])([2H])C([2H])([2H])c1cc(-c2ccccc2C)[n+](C)cc1C([2H])([2H])C([2H])([2H])[2H]. The van der Waals surface area contributed by atoms with Gasteiger partial charge in [-0.15, -0.1) is 0 Å². The number of rotatable bonds is 13. The smallest absolute Gasteiger partial charge is 0.201 e. The second kappa shape index (κ2) is 34.0. The van der Waals surface area contributed by atoms with Crippen molar-refractivity contribution in [1.29, 1.82) is 0 Å². The van der Waals surface area contributed by atoms with Crippen molar-refractivity contribution in [3.63, 3.8) is 0 Å². The van der Waals surface area contributed by atoms with E-state index in [1.165, 1.54) is 101 Å². The second-order valence-corrected chi connectivity index (χ2v) is 23.5. The Hall–Kier alpha value is -8.15. The maximum absolute atomic E-state index is 8.48. The average molecular weight is 1250 g/mol. The van der Waals surface area contributed by atoms with Crippen LogP contribution in [-0.4, -0.2) is 0 Å². The van der Waals surface area contributed by atoms with Crippen molar-refractivity contribution in [1.82, 2.24) is 0 Å². The largest absolute Gasteiger partial charge is 0.212 e. The standard InChI is InChI=1S/2C18H24N.C17H20N.2C17H22N/c1-6-15-12-19(5)18(11-17(15)13(2)3)16-10-8-7-9-14(16)4;1-6-15-11-18(16-10-8-7-9-14(16)4)19(5)12-17(15)13(2)3;1-13-7-3-6-10-16(13)17-11-14-8-4-5-9-15(14)12-18(17)2;2*1-5-14-11-17(18(4)12-15(14)6-2)16-10-8-7-9-13(16)3/h2*7-13H,6H2,1-5H3;3,6-7,10-12H,4-5,8-9H2,1-2H3;2*7-12H,5-6H2,1-4H3/q5*+1/i2*2D3,6D2,13D;;1D3,2D3,5D2,6D2;5D2,6D2. The normalized spacial score (nSPS) is 18.5. The number of pyridine rings is 5. The zero-order valence-corrected chi connectivity index (χ0v) is 56.9. The fourth-order valence-electron chi connectivity index (χ4n) is 11.7. The highest BCUT2D eigenvalue weighted by molar-refractivity contribution is 5.65. The highest BCUT2D eigenvalue weighted by Crippen LogP contribution is 2.30. The molecule has 2 unspecified atom stereocenters. The van der Waals surface area contributed by atoms with E-state index < -0.39 is 88.6 Å². The van der Waals surface area contributed by atoms with E-state index >= 15 is 0 Å². The predicted molar refractivity (Wildman–Crippen MR) is 390 cm³/mol. The minimum atomic E-state index is -3.12. The van der Waals surface area contributed by atoms with Crippen LogP contribution in [0.2, 0.25) is 0 Å². The van der Waals surface area contributed by atoms with Gasteiger partial charge in [0, 0.05) is 122 Å². The number of aromatic nitrogens is 5. The molecule has 0 aliphatic heterocycles.